The molecular weight excluding hydrogens is 308 g/mol. The van der Waals surface area contributed by atoms with E-state index in [1.54, 1.807) is 0 Å². The second-order valence-corrected chi connectivity index (χ2v) is 6.98. The summed E-state index contributed by atoms with van der Waals surface area (Å²) < 4.78 is 0. The monoisotopic (exact) mass is 328 g/mol. The number of rotatable bonds is 1. The lowest BCUT2D eigenvalue weighted by molar-refractivity contribution is 0.157. The molecule has 2 aliphatic heterocycles. The van der Waals surface area contributed by atoms with E-state index in [1.165, 1.54) is 0 Å². The van der Waals surface area contributed by atoms with Crippen LogP contribution < -0.4 is 4.90 Å². The van der Waals surface area contributed by atoms with Crippen LogP contribution in [0.25, 0.3) is 0 Å². The van der Waals surface area contributed by atoms with Crippen molar-refractivity contribution in [2.75, 3.05) is 18.0 Å². The van der Waals surface area contributed by atoms with Gasteiger partial charge in [0.1, 0.15) is 5.84 Å². The Hall–Kier alpha value is -1.84. The van der Waals surface area contributed by atoms with E-state index in [-0.39, 0.29) is 17.8 Å². The average Bonchev–Trinajstić information content (AvgIpc) is 2.78. The number of aliphatic imine (C=N–C) groups is 1. The Morgan fingerprint density at radius 3 is 2.39 bits per heavy atom. The van der Waals surface area contributed by atoms with Crippen LogP contribution in [0.4, 0.5) is 5.69 Å². The zero-order valence-corrected chi connectivity index (χ0v) is 14.2. The third-order valence-corrected chi connectivity index (χ3v) is 4.60. The fourth-order valence-corrected chi connectivity index (χ4v) is 3.54. The van der Waals surface area contributed by atoms with Gasteiger partial charge in [0.05, 0.1) is 0 Å². The molecule has 1 unspecified atom stereocenters. The molecule has 1 atom stereocenters. The quantitative estimate of drug-likeness (QED) is 0.868. The molecule has 0 saturated carbocycles. The van der Waals surface area contributed by atoms with Crippen LogP contribution >= 0.6 is 12.4 Å². The molecule has 2 aromatic rings. The molecule has 120 valence electrons. The molecule has 0 aliphatic carbocycles. The highest BCUT2D eigenvalue weighted by Crippen LogP contribution is 2.47. The van der Waals surface area contributed by atoms with Gasteiger partial charge in [0.2, 0.25) is 0 Å². The molecule has 2 aromatic carbocycles. The number of amidine groups is 1. The van der Waals surface area contributed by atoms with Crippen molar-refractivity contribution in [3.63, 3.8) is 0 Å². The van der Waals surface area contributed by atoms with Crippen LogP contribution in [0.15, 0.2) is 59.6 Å². The molecule has 0 radical (unpaired) electrons. The van der Waals surface area contributed by atoms with Gasteiger partial charge in [0, 0.05) is 29.8 Å². The maximum Gasteiger partial charge on any atom is 0.174 e. The summed E-state index contributed by atoms with van der Waals surface area (Å²) in [5, 5.41) is 11.6. The first kappa shape index (κ1) is 16.0. The van der Waals surface area contributed by atoms with Crippen molar-refractivity contribution in [3.8, 4) is 0 Å². The van der Waals surface area contributed by atoms with E-state index in [4.69, 9.17) is 4.99 Å². The molecule has 0 fully saturated rings. The Labute approximate surface area is 143 Å². The molecule has 4 heteroatoms. The molecule has 2 heterocycles. The largest absolute Gasteiger partial charge is 0.373 e. The molecule has 23 heavy (non-hydrogen) atoms. The highest BCUT2D eigenvalue weighted by atomic mass is 35.5. The first-order valence-electron chi connectivity index (χ1n) is 7.72. The predicted molar refractivity (Wildman–Crippen MR) is 96.6 cm³/mol. The van der Waals surface area contributed by atoms with Gasteiger partial charge in [-0.3, -0.25) is 4.99 Å². The SMILES string of the molecule is CC1(C)CN=C2N(C1)c1ccccc1C2(O)c1ccccc1.Cl. The number of aliphatic hydroxyl groups is 1. The fraction of sp³-hybridized carbons (Fsp3) is 0.316. The standard InChI is InChI=1S/C19H20N2O.ClH/c1-18(2)12-20-17-19(22,14-8-4-3-5-9-14)15-10-6-7-11-16(15)21(17)13-18;/h3-11,22H,12-13H2,1-2H3;1H. The number of hydrogen-bond acceptors (Lipinski definition) is 3. The van der Waals surface area contributed by atoms with Crippen LogP contribution in [0.1, 0.15) is 25.0 Å². The lowest BCUT2D eigenvalue weighted by Gasteiger charge is -2.37. The third kappa shape index (κ3) is 2.27. The van der Waals surface area contributed by atoms with Crippen LogP contribution in [0, 0.1) is 5.41 Å². The number of halogens is 1. The Morgan fingerprint density at radius 1 is 1.00 bits per heavy atom. The highest BCUT2D eigenvalue weighted by molar-refractivity contribution is 6.12. The van der Waals surface area contributed by atoms with Crippen LogP contribution in [-0.2, 0) is 5.60 Å². The summed E-state index contributed by atoms with van der Waals surface area (Å²) >= 11 is 0. The minimum absolute atomic E-state index is 0. The van der Waals surface area contributed by atoms with Crippen LogP contribution in [0.5, 0.6) is 0 Å². The maximum absolute atomic E-state index is 11.6. The normalized spacial score (nSPS) is 24.3. The second kappa shape index (κ2) is 5.36. The summed E-state index contributed by atoms with van der Waals surface area (Å²) in [4.78, 5) is 6.97. The Balaban J connectivity index is 0.00000156. The summed E-state index contributed by atoms with van der Waals surface area (Å²) in [6.45, 7) is 6.05. The van der Waals surface area contributed by atoms with E-state index in [0.717, 1.165) is 35.7 Å². The summed E-state index contributed by atoms with van der Waals surface area (Å²) in [6, 6.07) is 17.9. The van der Waals surface area contributed by atoms with Gasteiger partial charge in [-0.25, -0.2) is 0 Å². The van der Waals surface area contributed by atoms with Crippen molar-refractivity contribution in [2.24, 2.45) is 10.4 Å². The average molecular weight is 329 g/mol. The van der Waals surface area contributed by atoms with Gasteiger partial charge in [-0.2, -0.15) is 0 Å². The van der Waals surface area contributed by atoms with Gasteiger partial charge in [-0.05, 0) is 11.6 Å². The minimum Gasteiger partial charge on any atom is -0.373 e. The molecular formula is C19H21ClN2O. The lowest BCUT2D eigenvalue weighted by atomic mass is 9.86. The number of benzene rings is 2. The molecule has 0 amide bonds. The van der Waals surface area contributed by atoms with Crippen LogP contribution in [0.2, 0.25) is 0 Å². The zero-order chi connectivity index (χ0) is 15.4. The number of hydrogen-bond donors (Lipinski definition) is 1. The first-order chi connectivity index (χ1) is 10.5. The van der Waals surface area contributed by atoms with Crippen molar-refractivity contribution in [3.05, 3.63) is 65.7 Å². The van der Waals surface area contributed by atoms with E-state index in [0.29, 0.717) is 0 Å². The summed E-state index contributed by atoms with van der Waals surface area (Å²) in [5.41, 5.74) is 1.84. The summed E-state index contributed by atoms with van der Waals surface area (Å²) in [6.07, 6.45) is 0. The Morgan fingerprint density at radius 2 is 1.65 bits per heavy atom. The third-order valence-electron chi connectivity index (χ3n) is 4.60. The summed E-state index contributed by atoms with van der Waals surface area (Å²) in [5.74, 6) is 0.763. The number of nitrogens with zero attached hydrogens (tertiary/aromatic N) is 2. The van der Waals surface area contributed by atoms with Gasteiger partial charge < -0.3 is 10.0 Å². The minimum atomic E-state index is -1.14. The van der Waals surface area contributed by atoms with Crippen molar-refractivity contribution in [2.45, 2.75) is 19.4 Å². The van der Waals surface area contributed by atoms with E-state index in [1.807, 2.05) is 48.5 Å². The molecule has 0 spiro atoms. The summed E-state index contributed by atoms with van der Waals surface area (Å²) in [7, 11) is 0. The Kier molecular flexibility index (Phi) is 3.74. The maximum atomic E-state index is 11.6. The highest BCUT2D eigenvalue weighted by Gasteiger charge is 2.51. The van der Waals surface area contributed by atoms with E-state index in [9.17, 15) is 5.11 Å². The number of para-hydroxylation sites is 1. The zero-order valence-electron chi connectivity index (χ0n) is 13.4. The molecule has 1 N–H and O–H groups in total. The molecule has 2 aliphatic rings. The first-order valence-corrected chi connectivity index (χ1v) is 7.72. The van der Waals surface area contributed by atoms with Crippen molar-refractivity contribution < 1.29 is 5.11 Å². The molecule has 0 aromatic heterocycles. The fourth-order valence-electron chi connectivity index (χ4n) is 3.54. The van der Waals surface area contributed by atoms with E-state index < -0.39 is 5.60 Å². The lowest BCUT2D eigenvalue weighted by Crippen LogP contribution is -2.49. The predicted octanol–water partition coefficient (Wildman–Crippen LogP) is 3.60. The van der Waals surface area contributed by atoms with E-state index >= 15 is 0 Å². The van der Waals surface area contributed by atoms with Gasteiger partial charge >= 0.3 is 0 Å². The second-order valence-electron chi connectivity index (χ2n) is 6.98. The molecule has 0 saturated heterocycles. The van der Waals surface area contributed by atoms with Crippen molar-refractivity contribution >= 4 is 23.9 Å². The molecule has 0 bridgehead atoms. The number of fused-ring (bicyclic) bond motifs is 3. The van der Waals surface area contributed by atoms with Gasteiger partial charge in [-0.1, -0.05) is 62.4 Å². The van der Waals surface area contributed by atoms with Crippen LogP contribution in [0.3, 0.4) is 0 Å². The van der Waals surface area contributed by atoms with Gasteiger partial charge in [0.25, 0.3) is 0 Å². The van der Waals surface area contributed by atoms with Crippen LogP contribution in [-0.4, -0.2) is 24.0 Å². The smallest absolute Gasteiger partial charge is 0.174 e. The topological polar surface area (TPSA) is 35.8 Å². The van der Waals surface area contributed by atoms with Crippen molar-refractivity contribution in [1.82, 2.24) is 0 Å². The Bertz CT molecular complexity index is 757. The van der Waals surface area contributed by atoms with E-state index in [2.05, 4.69) is 24.8 Å². The van der Waals surface area contributed by atoms with Crippen molar-refractivity contribution in [1.29, 1.82) is 0 Å². The van der Waals surface area contributed by atoms with Gasteiger partial charge in [-0.15, -0.1) is 12.4 Å². The van der Waals surface area contributed by atoms with Gasteiger partial charge in [0.15, 0.2) is 5.60 Å². The number of anilines is 1. The molecule has 3 nitrogen and oxygen atoms in total. The molecule has 4 rings (SSSR count).